The van der Waals surface area contributed by atoms with Crippen molar-refractivity contribution in [3.05, 3.63) is 22.1 Å². The minimum atomic E-state index is -0.0718. The average Bonchev–Trinajstić information content (AvgIpc) is 3.00. The fraction of sp³-hybridized carbons (Fsp3) is 0.632. The quantitative estimate of drug-likeness (QED) is 0.640. The van der Waals surface area contributed by atoms with E-state index in [9.17, 15) is 9.59 Å². The zero-order valence-corrected chi connectivity index (χ0v) is 16.9. The van der Waals surface area contributed by atoms with Crippen LogP contribution in [-0.4, -0.2) is 43.7 Å². The van der Waals surface area contributed by atoms with Crippen molar-refractivity contribution >= 4 is 28.7 Å². The first-order chi connectivity index (χ1) is 12.4. The summed E-state index contributed by atoms with van der Waals surface area (Å²) in [7, 11) is 0. The molecule has 0 aromatic carbocycles. The van der Waals surface area contributed by atoms with Crippen LogP contribution < -0.4 is 5.56 Å². The zero-order chi connectivity index (χ0) is 18.8. The molecular formula is C19H28N4O2S. The second-order valence-corrected chi connectivity index (χ2v) is 8.25. The predicted octanol–water partition coefficient (Wildman–Crippen LogP) is 3.50. The molecule has 142 valence electrons. The van der Waals surface area contributed by atoms with E-state index < -0.39 is 0 Å². The Balaban J connectivity index is 1.85. The summed E-state index contributed by atoms with van der Waals surface area (Å²) >= 11 is 1.37. The number of likely N-dealkylation sites (tertiary alicyclic amines) is 1. The molecule has 1 aliphatic heterocycles. The fourth-order valence-electron chi connectivity index (χ4n) is 3.71. The van der Waals surface area contributed by atoms with E-state index in [4.69, 9.17) is 0 Å². The van der Waals surface area contributed by atoms with Gasteiger partial charge in [-0.2, -0.15) is 0 Å². The van der Waals surface area contributed by atoms with Crippen LogP contribution in [0.15, 0.2) is 16.0 Å². The van der Waals surface area contributed by atoms with Crippen LogP contribution in [0.2, 0.25) is 0 Å². The third-order valence-electron chi connectivity index (χ3n) is 5.05. The molecule has 3 heterocycles. The molecule has 1 atom stereocenters. The number of rotatable bonds is 5. The standard InChI is InChI=1S/C19H28N4O2S/c1-5-14-8-6-7-9-22(14)16(24)11-26-19-21-15-10-13(4)20-17(15)18(25)23(19)12(2)3/h10,12,14,20H,5-9,11H2,1-4H3/t14-/m1/s1. The van der Waals surface area contributed by atoms with Crippen LogP contribution in [0.25, 0.3) is 11.0 Å². The van der Waals surface area contributed by atoms with Crippen LogP contribution in [0, 0.1) is 6.92 Å². The van der Waals surface area contributed by atoms with Gasteiger partial charge in [-0.1, -0.05) is 18.7 Å². The molecule has 0 bridgehead atoms. The van der Waals surface area contributed by atoms with Gasteiger partial charge in [0.2, 0.25) is 5.91 Å². The van der Waals surface area contributed by atoms with Gasteiger partial charge in [-0.3, -0.25) is 14.2 Å². The van der Waals surface area contributed by atoms with Gasteiger partial charge in [-0.15, -0.1) is 0 Å². The monoisotopic (exact) mass is 376 g/mol. The summed E-state index contributed by atoms with van der Waals surface area (Å²) < 4.78 is 1.68. The second-order valence-electron chi connectivity index (χ2n) is 7.31. The van der Waals surface area contributed by atoms with E-state index in [1.165, 1.54) is 18.2 Å². The SMILES string of the molecule is CC[C@@H]1CCCCN1C(=O)CSc1nc2cc(C)[nH]c2c(=O)n1C(C)C. The molecular weight excluding hydrogens is 348 g/mol. The van der Waals surface area contributed by atoms with E-state index in [0.717, 1.165) is 31.5 Å². The number of fused-ring (bicyclic) bond motifs is 1. The molecule has 2 aromatic rings. The molecule has 1 amide bonds. The largest absolute Gasteiger partial charge is 0.353 e. The van der Waals surface area contributed by atoms with Gasteiger partial charge in [0.05, 0.1) is 11.3 Å². The Morgan fingerprint density at radius 2 is 2.19 bits per heavy atom. The molecule has 0 aliphatic carbocycles. The Kier molecular flexibility index (Phi) is 5.75. The van der Waals surface area contributed by atoms with E-state index in [1.54, 1.807) is 4.57 Å². The van der Waals surface area contributed by atoms with Crippen molar-refractivity contribution in [1.29, 1.82) is 0 Å². The lowest BCUT2D eigenvalue weighted by Crippen LogP contribution is -2.44. The summed E-state index contributed by atoms with van der Waals surface area (Å²) in [6.45, 7) is 8.84. The smallest absolute Gasteiger partial charge is 0.278 e. The normalized spacial score (nSPS) is 18.0. The van der Waals surface area contributed by atoms with Gasteiger partial charge < -0.3 is 9.88 Å². The van der Waals surface area contributed by atoms with E-state index in [2.05, 4.69) is 16.9 Å². The highest BCUT2D eigenvalue weighted by atomic mass is 32.2. The van der Waals surface area contributed by atoms with Crippen molar-refractivity contribution in [2.24, 2.45) is 0 Å². The zero-order valence-electron chi connectivity index (χ0n) is 16.0. The third kappa shape index (κ3) is 3.68. The van der Waals surface area contributed by atoms with Gasteiger partial charge in [0.15, 0.2) is 5.16 Å². The van der Waals surface area contributed by atoms with Crippen LogP contribution in [0.5, 0.6) is 0 Å². The number of H-pyrrole nitrogens is 1. The molecule has 1 N–H and O–H groups in total. The predicted molar refractivity (Wildman–Crippen MR) is 106 cm³/mol. The third-order valence-corrected chi connectivity index (χ3v) is 5.98. The summed E-state index contributed by atoms with van der Waals surface area (Å²) in [5.41, 5.74) is 2.05. The number of aryl methyl sites for hydroxylation is 1. The maximum Gasteiger partial charge on any atom is 0.278 e. The summed E-state index contributed by atoms with van der Waals surface area (Å²) in [5, 5.41) is 0.620. The molecule has 0 saturated carbocycles. The van der Waals surface area contributed by atoms with Crippen LogP contribution >= 0.6 is 11.8 Å². The van der Waals surface area contributed by atoms with E-state index >= 15 is 0 Å². The minimum absolute atomic E-state index is 0.0148. The van der Waals surface area contributed by atoms with E-state index in [-0.39, 0.29) is 17.5 Å². The van der Waals surface area contributed by atoms with E-state index in [0.29, 0.717) is 28.0 Å². The Hall–Kier alpha value is -1.76. The van der Waals surface area contributed by atoms with Crippen LogP contribution in [0.3, 0.4) is 0 Å². The lowest BCUT2D eigenvalue weighted by atomic mass is 10.0. The fourth-order valence-corrected chi connectivity index (χ4v) is 4.72. The van der Waals surface area contributed by atoms with Crippen molar-refractivity contribution in [3.63, 3.8) is 0 Å². The van der Waals surface area contributed by atoms with Crippen LogP contribution in [0.1, 0.15) is 58.2 Å². The maximum absolute atomic E-state index is 12.8. The summed E-state index contributed by atoms with van der Waals surface area (Å²) in [4.78, 5) is 35.4. The minimum Gasteiger partial charge on any atom is -0.353 e. The first kappa shape index (κ1) is 19.0. The number of thioether (sulfide) groups is 1. The highest BCUT2D eigenvalue weighted by molar-refractivity contribution is 7.99. The van der Waals surface area contributed by atoms with Gasteiger partial charge in [-0.05, 0) is 52.5 Å². The lowest BCUT2D eigenvalue weighted by Gasteiger charge is -2.35. The Bertz CT molecular complexity index is 855. The maximum atomic E-state index is 12.8. The molecule has 0 spiro atoms. The van der Waals surface area contributed by atoms with Crippen molar-refractivity contribution in [2.45, 2.75) is 70.6 Å². The van der Waals surface area contributed by atoms with Crippen LogP contribution in [0.4, 0.5) is 0 Å². The molecule has 26 heavy (non-hydrogen) atoms. The summed E-state index contributed by atoms with van der Waals surface area (Å²) in [6, 6.07) is 2.22. The number of nitrogens with zero attached hydrogens (tertiary/aromatic N) is 3. The number of hydrogen-bond acceptors (Lipinski definition) is 4. The number of carbonyl (C=O) groups excluding carboxylic acids is 1. The van der Waals surface area contributed by atoms with Crippen molar-refractivity contribution in [1.82, 2.24) is 19.4 Å². The Labute approximate surface area is 158 Å². The highest BCUT2D eigenvalue weighted by Gasteiger charge is 2.26. The first-order valence-electron chi connectivity index (χ1n) is 9.46. The molecule has 7 heteroatoms. The number of hydrogen-bond donors (Lipinski definition) is 1. The molecule has 0 unspecified atom stereocenters. The topological polar surface area (TPSA) is 71.0 Å². The molecule has 0 radical (unpaired) electrons. The van der Waals surface area contributed by atoms with Crippen molar-refractivity contribution in [2.75, 3.05) is 12.3 Å². The Morgan fingerprint density at radius 1 is 1.42 bits per heavy atom. The number of aromatic nitrogens is 3. The molecule has 3 rings (SSSR count). The van der Waals surface area contributed by atoms with Crippen molar-refractivity contribution < 1.29 is 4.79 Å². The second kappa shape index (κ2) is 7.86. The van der Waals surface area contributed by atoms with Gasteiger partial charge in [-0.25, -0.2) is 4.98 Å². The average molecular weight is 377 g/mol. The molecule has 6 nitrogen and oxygen atoms in total. The van der Waals surface area contributed by atoms with E-state index in [1.807, 2.05) is 31.7 Å². The number of nitrogens with one attached hydrogen (secondary N) is 1. The summed E-state index contributed by atoms with van der Waals surface area (Å²) in [6.07, 6.45) is 4.38. The van der Waals surface area contributed by atoms with Gasteiger partial charge in [0, 0.05) is 24.3 Å². The van der Waals surface area contributed by atoms with Gasteiger partial charge in [0.25, 0.3) is 5.56 Å². The number of carbonyl (C=O) groups is 1. The highest BCUT2D eigenvalue weighted by Crippen LogP contribution is 2.24. The van der Waals surface area contributed by atoms with Crippen LogP contribution in [-0.2, 0) is 4.79 Å². The lowest BCUT2D eigenvalue weighted by molar-refractivity contribution is -0.132. The summed E-state index contributed by atoms with van der Waals surface area (Å²) in [5.74, 6) is 0.473. The first-order valence-corrected chi connectivity index (χ1v) is 10.4. The molecule has 1 fully saturated rings. The van der Waals surface area contributed by atoms with Gasteiger partial charge >= 0.3 is 0 Å². The molecule has 2 aromatic heterocycles. The van der Waals surface area contributed by atoms with Crippen molar-refractivity contribution in [3.8, 4) is 0 Å². The Morgan fingerprint density at radius 3 is 2.88 bits per heavy atom. The van der Waals surface area contributed by atoms with Gasteiger partial charge in [0.1, 0.15) is 5.52 Å². The number of amides is 1. The number of piperidine rings is 1. The molecule has 1 saturated heterocycles. The number of aromatic amines is 1. The molecule has 1 aliphatic rings.